The van der Waals surface area contributed by atoms with Crippen LogP contribution in [0.3, 0.4) is 0 Å². The van der Waals surface area contributed by atoms with Gasteiger partial charge in [0.15, 0.2) is 6.10 Å². The van der Waals surface area contributed by atoms with Gasteiger partial charge in [-0.15, -0.1) is 0 Å². The number of amides is 3. The molecule has 2 N–H and O–H groups in total. The maximum Gasteiger partial charge on any atom is 0.349 e. The van der Waals surface area contributed by atoms with Crippen molar-refractivity contribution in [1.82, 2.24) is 15.2 Å². The van der Waals surface area contributed by atoms with Crippen LogP contribution in [0.25, 0.3) is 11.8 Å². The fraction of sp³-hybridized carbons (Fsp3) is 0.333. The van der Waals surface area contributed by atoms with E-state index in [0.29, 0.717) is 5.56 Å². The number of carbonyl (C=O) groups excluding carboxylic acids is 3. The second-order valence-corrected chi connectivity index (χ2v) is 7.69. The van der Waals surface area contributed by atoms with Gasteiger partial charge in [0.2, 0.25) is 0 Å². The Morgan fingerprint density at radius 2 is 1.76 bits per heavy atom. The summed E-state index contributed by atoms with van der Waals surface area (Å²) in [6.45, 7) is 8.58. The van der Waals surface area contributed by atoms with E-state index in [9.17, 15) is 19.6 Å². The summed E-state index contributed by atoms with van der Waals surface area (Å²) in [5.74, 6) is -1.02. The lowest BCUT2D eigenvalue weighted by Gasteiger charge is -2.14. The molecule has 0 radical (unpaired) electrons. The molecule has 174 valence electrons. The van der Waals surface area contributed by atoms with Crippen molar-refractivity contribution in [2.24, 2.45) is 0 Å². The summed E-state index contributed by atoms with van der Waals surface area (Å²) in [5, 5.41) is 14.1. The highest BCUT2D eigenvalue weighted by atomic mass is 16.5. The molecule has 0 bridgehead atoms. The summed E-state index contributed by atoms with van der Waals surface area (Å²) in [7, 11) is 1.59. The molecule has 0 spiro atoms. The van der Waals surface area contributed by atoms with Gasteiger partial charge in [-0.25, -0.2) is 9.59 Å². The number of esters is 1. The van der Waals surface area contributed by atoms with Crippen molar-refractivity contribution in [1.29, 1.82) is 5.26 Å². The van der Waals surface area contributed by atoms with Gasteiger partial charge < -0.3 is 19.4 Å². The maximum atomic E-state index is 12.5. The SMILES string of the molecule is COc1ccc(-n2c(C)cc(/C=C(\C#N)C(=O)OC(C)C(=O)NC(=O)NC(C)C)c2C)cc1. The van der Waals surface area contributed by atoms with E-state index in [2.05, 4.69) is 10.6 Å². The Kier molecular flexibility index (Phi) is 8.40. The number of nitriles is 1. The van der Waals surface area contributed by atoms with Gasteiger partial charge >= 0.3 is 12.0 Å². The molecule has 0 aliphatic carbocycles. The predicted octanol–water partition coefficient (Wildman–Crippen LogP) is 3.18. The molecule has 0 aliphatic rings. The molecule has 0 fully saturated rings. The van der Waals surface area contributed by atoms with Crippen molar-refractivity contribution < 1.29 is 23.9 Å². The Bertz CT molecular complexity index is 1110. The molecule has 2 rings (SSSR count). The smallest absolute Gasteiger partial charge is 0.349 e. The van der Waals surface area contributed by atoms with E-state index in [1.165, 1.54) is 13.0 Å². The molecule has 2 aromatic rings. The largest absolute Gasteiger partial charge is 0.497 e. The van der Waals surface area contributed by atoms with Crippen molar-refractivity contribution in [2.75, 3.05) is 7.11 Å². The van der Waals surface area contributed by atoms with Gasteiger partial charge in [-0.1, -0.05) is 0 Å². The lowest BCUT2D eigenvalue weighted by atomic mass is 10.1. The molecular weight excluding hydrogens is 424 g/mol. The molecule has 1 aromatic heterocycles. The third kappa shape index (κ3) is 6.46. The zero-order valence-corrected chi connectivity index (χ0v) is 19.6. The topological polar surface area (TPSA) is 122 Å². The number of hydrogen-bond acceptors (Lipinski definition) is 6. The van der Waals surface area contributed by atoms with Crippen molar-refractivity contribution >= 4 is 24.0 Å². The van der Waals surface area contributed by atoms with Crippen LogP contribution in [0.1, 0.15) is 37.7 Å². The van der Waals surface area contributed by atoms with Crippen molar-refractivity contribution in [3.8, 4) is 17.5 Å². The summed E-state index contributed by atoms with van der Waals surface area (Å²) >= 11 is 0. The number of hydrogen-bond donors (Lipinski definition) is 2. The lowest BCUT2D eigenvalue weighted by molar-refractivity contribution is -0.150. The Morgan fingerprint density at radius 3 is 2.30 bits per heavy atom. The van der Waals surface area contributed by atoms with Crippen molar-refractivity contribution in [3.63, 3.8) is 0 Å². The van der Waals surface area contributed by atoms with Crippen LogP contribution in [-0.4, -0.2) is 41.7 Å². The molecule has 1 atom stereocenters. The first-order chi connectivity index (χ1) is 15.6. The van der Waals surface area contributed by atoms with Gasteiger partial charge in [0.25, 0.3) is 5.91 Å². The number of rotatable bonds is 7. The van der Waals surface area contributed by atoms with Crippen molar-refractivity contribution in [2.45, 2.75) is 46.8 Å². The molecule has 1 aromatic carbocycles. The van der Waals surface area contributed by atoms with Gasteiger partial charge in [0, 0.05) is 23.1 Å². The number of carbonyl (C=O) groups is 3. The third-order valence-electron chi connectivity index (χ3n) is 4.75. The first kappa shape index (κ1) is 25.2. The highest BCUT2D eigenvalue weighted by Gasteiger charge is 2.23. The van der Waals surface area contributed by atoms with E-state index in [4.69, 9.17) is 9.47 Å². The van der Waals surface area contributed by atoms with Crippen LogP contribution in [0, 0.1) is 25.2 Å². The zero-order chi connectivity index (χ0) is 24.7. The number of aryl methyl sites for hydroxylation is 1. The van der Waals surface area contributed by atoms with Crippen LogP contribution in [0.4, 0.5) is 4.79 Å². The van der Waals surface area contributed by atoms with Gasteiger partial charge in [-0.2, -0.15) is 5.26 Å². The number of urea groups is 1. The number of nitrogens with one attached hydrogen (secondary N) is 2. The Morgan fingerprint density at radius 1 is 1.12 bits per heavy atom. The normalized spacial score (nSPS) is 12.0. The molecule has 33 heavy (non-hydrogen) atoms. The minimum absolute atomic E-state index is 0.166. The summed E-state index contributed by atoms with van der Waals surface area (Å²) < 4.78 is 12.3. The molecule has 3 amide bonds. The molecular formula is C24H28N4O5. The molecule has 0 saturated heterocycles. The average molecular weight is 453 g/mol. The Hall–Kier alpha value is -4.06. The minimum Gasteiger partial charge on any atom is -0.497 e. The first-order valence-corrected chi connectivity index (χ1v) is 10.3. The molecule has 1 heterocycles. The van der Waals surface area contributed by atoms with E-state index in [0.717, 1.165) is 22.8 Å². The molecule has 0 saturated carbocycles. The Labute approximate surface area is 193 Å². The van der Waals surface area contributed by atoms with E-state index in [1.807, 2.05) is 54.8 Å². The number of methoxy groups -OCH3 is 1. The highest BCUT2D eigenvalue weighted by Crippen LogP contribution is 2.24. The van der Waals surface area contributed by atoms with E-state index in [1.54, 1.807) is 21.0 Å². The lowest BCUT2D eigenvalue weighted by Crippen LogP contribution is -2.46. The van der Waals surface area contributed by atoms with Crippen LogP contribution in [-0.2, 0) is 14.3 Å². The molecule has 9 heteroatoms. The number of aromatic nitrogens is 1. The fourth-order valence-electron chi connectivity index (χ4n) is 3.14. The molecule has 9 nitrogen and oxygen atoms in total. The van der Waals surface area contributed by atoms with Gasteiger partial charge in [-0.05, 0) is 76.6 Å². The quantitative estimate of drug-likeness (QED) is 0.378. The van der Waals surface area contributed by atoms with Crippen molar-refractivity contribution in [3.05, 3.63) is 52.9 Å². The first-order valence-electron chi connectivity index (χ1n) is 10.3. The maximum absolute atomic E-state index is 12.5. The second kappa shape index (κ2) is 11.0. The van der Waals surface area contributed by atoms with Gasteiger partial charge in [0.05, 0.1) is 7.11 Å². The van der Waals surface area contributed by atoms with E-state index in [-0.39, 0.29) is 11.6 Å². The number of benzene rings is 1. The second-order valence-electron chi connectivity index (χ2n) is 7.69. The summed E-state index contributed by atoms with van der Waals surface area (Å²) in [4.78, 5) is 36.2. The van der Waals surface area contributed by atoms with Gasteiger partial charge in [-0.3, -0.25) is 10.1 Å². The van der Waals surface area contributed by atoms with Crippen LogP contribution >= 0.6 is 0 Å². The standard InChI is InChI=1S/C24H28N4O5/c1-14(2)26-24(31)27-22(29)17(5)33-23(30)19(13-25)12-18-11-15(3)28(16(18)4)20-7-9-21(32-6)10-8-20/h7-12,14,17H,1-6H3,(H2,26,27,29,31)/b19-12+. The monoisotopic (exact) mass is 452 g/mol. The third-order valence-corrected chi connectivity index (χ3v) is 4.75. The summed E-state index contributed by atoms with van der Waals surface area (Å²) in [6, 6.07) is 10.3. The van der Waals surface area contributed by atoms with Crippen LogP contribution in [0.2, 0.25) is 0 Å². The molecule has 0 aliphatic heterocycles. The molecule has 1 unspecified atom stereocenters. The minimum atomic E-state index is -1.26. The van der Waals surface area contributed by atoms with Crippen LogP contribution < -0.4 is 15.4 Å². The number of nitrogens with zero attached hydrogens (tertiary/aromatic N) is 2. The fourth-order valence-corrected chi connectivity index (χ4v) is 3.14. The highest BCUT2D eigenvalue weighted by molar-refractivity contribution is 6.01. The average Bonchev–Trinajstić information content (AvgIpc) is 3.03. The zero-order valence-electron chi connectivity index (χ0n) is 19.6. The Balaban J connectivity index is 2.19. The number of imide groups is 1. The predicted molar refractivity (Wildman–Crippen MR) is 123 cm³/mol. The van der Waals surface area contributed by atoms with Gasteiger partial charge in [0.1, 0.15) is 17.4 Å². The van der Waals surface area contributed by atoms with E-state index >= 15 is 0 Å². The van der Waals surface area contributed by atoms with Crippen LogP contribution in [0.15, 0.2) is 35.9 Å². The summed E-state index contributed by atoms with van der Waals surface area (Å²) in [5.41, 5.74) is 3.01. The van der Waals surface area contributed by atoms with Crippen LogP contribution in [0.5, 0.6) is 5.75 Å². The van der Waals surface area contributed by atoms with E-state index < -0.39 is 24.0 Å². The number of ether oxygens (including phenoxy) is 2. The summed E-state index contributed by atoms with van der Waals surface area (Å²) in [6.07, 6.45) is 0.153.